The Labute approximate surface area is 195 Å². The molecule has 0 radical (unpaired) electrons. The zero-order chi connectivity index (χ0) is 24.7. The molecule has 188 valence electrons. The minimum atomic E-state index is -4.53. The van der Waals surface area contributed by atoms with Crippen LogP contribution in [0.4, 0.5) is 18.0 Å². The van der Waals surface area contributed by atoms with Crippen molar-refractivity contribution in [2.24, 2.45) is 0 Å². The molecule has 5 nitrogen and oxygen atoms in total. The van der Waals surface area contributed by atoms with Crippen molar-refractivity contribution in [2.45, 2.75) is 102 Å². The fourth-order valence-corrected chi connectivity index (χ4v) is 4.26. The van der Waals surface area contributed by atoms with Crippen molar-refractivity contribution in [1.29, 1.82) is 0 Å². The lowest BCUT2D eigenvalue weighted by molar-refractivity contribution is -0.139. The van der Waals surface area contributed by atoms with Gasteiger partial charge in [-0.1, -0.05) is 38.7 Å². The Kier molecular flexibility index (Phi) is 9.47. The smallest absolute Gasteiger partial charge is 0.419 e. The Morgan fingerprint density at radius 1 is 1.18 bits per heavy atom. The van der Waals surface area contributed by atoms with Gasteiger partial charge in [-0.15, -0.1) is 0 Å². The molecule has 0 heterocycles. The molecule has 1 fully saturated rings. The van der Waals surface area contributed by atoms with Crippen LogP contribution in [0.15, 0.2) is 18.2 Å². The lowest BCUT2D eigenvalue weighted by Crippen LogP contribution is -2.51. The second-order valence-electron chi connectivity index (χ2n) is 10.0. The first-order chi connectivity index (χ1) is 15.4. The Morgan fingerprint density at radius 3 is 2.48 bits per heavy atom. The van der Waals surface area contributed by atoms with Crippen molar-refractivity contribution >= 4 is 6.09 Å². The number of hydrogen-bond acceptors (Lipinski definition) is 4. The van der Waals surface area contributed by atoms with Gasteiger partial charge in [0.25, 0.3) is 0 Å². The van der Waals surface area contributed by atoms with Crippen molar-refractivity contribution in [3.63, 3.8) is 0 Å². The number of rotatable bonds is 10. The monoisotopic (exact) mass is 473 g/mol. The number of amides is 1. The first kappa shape index (κ1) is 27.3. The third-order valence-corrected chi connectivity index (χ3v) is 5.96. The molecule has 8 heteroatoms. The lowest BCUT2D eigenvalue weighted by atomic mass is 9.91. The third-order valence-electron chi connectivity index (χ3n) is 5.96. The van der Waals surface area contributed by atoms with E-state index in [1.54, 1.807) is 26.8 Å². The van der Waals surface area contributed by atoms with Crippen LogP contribution in [0.3, 0.4) is 0 Å². The minimum absolute atomic E-state index is 0.153. The van der Waals surface area contributed by atoms with Gasteiger partial charge in [-0.25, -0.2) is 4.79 Å². The van der Waals surface area contributed by atoms with E-state index < -0.39 is 29.0 Å². The van der Waals surface area contributed by atoms with E-state index in [1.165, 1.54) is 6.07 Å². The van der Waals surface area contributed by atoms with Crippen LogP contribution in [0.1, 0.15) is 96.1 Å². The van der Waals surface area contributed by atoms with Gasteiger partial charge in [0.2, 0.25) is 0 Å². The van der Waals surface area contributed by atoms with E-state index in [1.807, 2.05) is 0 Å². The summed E-state index contributed by atoms with van der Waals surface area (Å²) in [5.74, 6) is -0.378. The van der Waals surface area contributed by atoms with E-state index in [9.17, 15) is 23.1 Å². The topological polar surface area (TPSA) is 67.8 Å². The number of ether oxygens (including phenoxy) is 2. The average Bonchev–Trinajstić information content (AvgIpc) is 3.13. The zero-order valence-electron chi connectivity index (χ0n) is 20.2. The van der Waals surface area contributed by atoms with Gasteiger partial charge in [0, 0.05) is 0 Å². The van der Waals surface area contributed by atoms with Gasteiger partial charge in [0.15, 0.2) is 0 Å². The predicted octanol–water partition coefficient (Wildman–Crippen LogP) is 6.58. The molecule has 1 aromatic carbocycles. The highest BCUT2D eigenvalue weighted by molar-refractivity contribution is 5.69. The standard InChI is InChI=1S/C25H38F3NO4/c1-5-6-7-8-9-14-32-21-11-10-18(15-20(21)25(26,27)28)19-12-13-24(16-19,17-30)29-22(31)33-23(2,3)4/h10-11,15,19,30H,5-9,12-14,16-17H2,1-4H3,(H,29,31). The van der Waals surface area contributed by atoms with Gasteiger partial charge >= 0.3 is 12.3 Å². The molecule has 0 bridgehead atoms. The van der Waals surface area contributed by atoms with Crippen molar-refractivity contribution in [1.82, 2.24) is 5.32 Å². The number of aliphatic hydroxyl groups is 1. The average molecular weight is 474 g/mol. The second kappa shape index (κ2) is 11.4. The number of aliphatic hydroxyl groups excluding tert-OH is 1. The maximum atomic E-state index is 13.7. The molecule has 2 N–H and O–H groups in total. The summed E-state index contributed by atoms with van der Waals surface area (Å²) in [5, 5.41) is 12.7. The van der Waals surface area contributed by atoms with Gasteiger partial charge in [-0.2, -0.15) is 13.2 Å². The molecule has 2 atom stereocenters. The largest absolute Gasteiger partial charge is 0.493 e. The van der Waals surface area contributed by atoms with E-state index in [-0.39, 0.29) is 24.9 Å². The fraction of sp³-hybridized carbons (Fsp3) is 0.720. The minimum Gasteiger partial charge on any atom is -0.493 e. The zero-order valence-corrected chi connectivity index (χ0v) is 20.2. The van der Waals surface area contributed by atoms with E-state index >= 15 is 0 Å². The SMILES string of the molecule is CCCCCCCOc1ccc(C2CCC(CO)(NC(=O)OC(C)(C)C)C2)cc1C(F)(F)F. The van der Waals surface area contributed by atoms with Crippen LogP contribution in [0, 0.1) is 0 Å². The van der Waals surface area contributed by atoms with E-state index in [4.69, 9.17) is 9.47 Å². The summed E-state index contributed by atoms with van der Waals surface area (Å²) in [5.41, 5.74) is -1.86. The van der Waals surface area contributed by atoms with Crippen molar-refractivity contribution in [3.8, 4) is 5.75 Å². The van der Waals surface area contributed by atoms with Crippen LogP contribution < -0.4 is 10.1 Å². The van der Waals surface area contributed by atoms with Crippen molar-refractivity contribution in [3.05, 3.63) is 29.3 Å². The first-order valence-electron chi connectivity index (χ1n) is 11.8. The van der Waals surface area contributed by atoms with Gasteiger partial charge in [0.05, 0.1) is 24.3 Å². The second-order valence-corrected chi connectivity index (χ2v) is 10.0. The Bertz CT molecular complexity index is 776. The number of carbonyl (C=O) groups excluding carboxylic acids is 1. The molecular weight excluding hydrogens is 435 g/mol. The molecule has 1 amide bonds. The summed E-state index contributed by atoms with van der Waals surface area (Å²) in [4.78, 5) is 12.2. The molecule has 2 rings (SSSR count). The van der Waals surface area contributed by atoms with Crippen molar-refractivity contribution < 1.29 is 32.5 Å². The third kappa shape index (κ3) is 8.40. The summed E-state index contributed by atoms with van der Waals surface area (Å²) < 4.78 is 52.0. The number of benzene rings is 1. The van der Waals surface area contributed by atoms with E-state index in [2.05, 4.69) is 12.2 Å². The van der Waals surface area contributed by atoms with Gasteiger partial charge in [0.1, 0.15) is 11.4 Å². The highest BCUT2D eigenvalue weighted by Crippen LogP contribution is 2.44. The molecule has 0 spiro atoms. The Balaban J connectivity index is 2.09. The van der Waals surface area contributed by atoms with Crippen LogP contribution in [-0.4, -0.2) is 35.6 Å². The quantitative estimate of drug-likeness (QED) is 0.377. The Morgan fingerprint density at radius 2 is 1.88 bits per heavy atom. The number of alkyl halides is 3. The van der Waals surface area contributed by atoms with E-state index in [0.29, 0.717) is 24.8 Å². The number of carbonyl (C=O) groups is 1. The Hall–Kier alpha value is -1.96. The number of hydrogen-bond donors (Lipinski definition) is 2. The number of alkyl carbamates (subject to hydrolysis) is 1. The molecule has 1 aliphatic rings. The lowest BCUT2D eigenvalue weighted by Gasteiger charge is -2.30. The highest BCUT2D eigenvalue weighted by atomic mass is 19.4. The molecule has 33 heavy (non-hydrogen) atoms. The molecule has 1 aliphatic carbocycles. The predicted molar refractivity (Wildman–Crippen MR) is 121 cm³/mol. The maximum Gasteiger partial charge on any atom is 0.419 e. The number of nitrogens with one attached hydrogen (secondary N) is 1. The summed E-state index contributed by atoms with van der Waals surface area (Å²) >= 11 is 0. The normalized spacial score (nSPS) is 21.2. The van der Waals surface area contributed by atoms with Gasteiger partial charge < -0.3 is 19.9 Å². The highest BCUT2D eigenvalue weighted by Gasteiger charge is 2.42. The van der Waals surface area contributed by atoms with Gasteiger partial charge in [-0.3, -0.25) is 0 Å². The van der Waals surface area contributed by atoms with Crippen LogP contribution in [0.2, 0.25) is 0 Å². The fourth-order valence-electron chi connectivity index (χ4n) is 4.26. The molecular formula is C25H38F3NO4. The molecule has 1 saturated carbocycles. The maximum absolute atomic E-state index is 13.7. The molecule has 0 saturated heterocycles. The molecule has 2 unspecified atom stereocenters. The summed E-state index contributed by atoms with van der Waals surface area (Å²) in [6.45, 7) is 7.27. The number of unbranched alkanes of at least 4 members (excludes halogenated alkanes) is 4. The summed E-state index contributed by atoms with van der Waals surface area (Å²) in [7, 11) is 0. The molecule has 0 aromatic heterocycles. The van der Waals surface area contributed by atoms with Crippen LogP contribution >= 0.6 is 0 Å². The van der Waals surface area contributed by atoms with Gasteiger partial charge in [-0.05, 0) is 70.1 Å². The van der Waals surface area contributed by atoms with Crippen LogP contribution in [0.5, 0.6) is 5.75 Å². The van der Waals surface area contributed by atoms with E-state index in [0.717, 1.165) is 38.2 Å². The first-order valence-corrected chi connectivity index (χ1v) is 11.8. The molecule has 0 aliphatic heterocycles. The summed E-state index contributed by atoms with van der Waals surface area (Å²) in [6, 6.07) is 4.20. The van der Waals surface area contributed by atoms with Crippen LogP contribution in [-0.2, 0) is 10.9 Å². The molecule has 1 aromatic rings. The van der Waals surface area contributed by atoms with Crippen LogP contribution in [0.25, 0.3) is 0 Å². The summed E-state index contributed by atoms with van der Waals surface area (Å²) in [6.07, 6.45) is 1.07. The number of halogens is 3. The van der Waals surface area contributed by atoms with Crippen molar-refractivity contribution in [2.75, 3.05) is 13.2 Å².